The summed E-state index contributed by atoms with van der Waals surface area (Å²) in [5.74, 6) is 0. The van der Waals surface area contributed by atoms with Crippen LogP contribution in [0.25, 0.3) is 6.08 Å². The third kappa shape index (κ3) is 2.76. The van der Waals surface area contributed by atoms with Crippen LogP contribution in [-0.4, -0.2) is 12.2 Å². The summed E-state index contributed by atoms with van der Waals surface area (Å²) in [6.07, 6.45) is 4.84. The summed E-state index contributed by atoms with van der Waals surface area (Å²) in [6.45, 7) is 11.3. The second kappa shape index (κ2) is 4.95. The van der Waals surface area contributed by atoms with Crippen molar-refractivity contribution in [3.63, 3.8) is 0 Å². The summed E-state index contributed by atoms with van der Waals surface area (Å²) in [7, 11) is 0. The van der Waals surface area contributed by atoms with Crippen LogP contribution in [0.1, 0.15) is 36.1 Å². The summed E-state index contributed by atoms with van der Waals surface area (Å²) in [4.78, 5) is 0. The molecule has 0 radical (unpaired) electrons. The summed E-state index contributed by atoms with van der Waals surface area (Å²) < 4.78 is 4.84. The van der Waals surface area contributed by atoms with E-state index in [1.807, 2.05) is 0 Å². The van der Waals surface area contributed by atoms with Gasteiger partial charge in [-0.2, -0.15) is 0 Å². The van der Waals surface area contributed by atoms with Crippen LogP contribution >= 0.6 is 0 Å². The molecule has 0 amide bonds. The third-order valence-corrected chi connectivity index (χ3v) is 33.8. The molecule has 0 aromatic heterocycles. The fraction of sp³-hybridized carbons (Fsp3) is 0.529. The minimum atomic E-state index is -2.77. The fourth-order valence-electron chi connectivity index (χ4n) is 3.79. The maximum absolute atomic E-state index is 4.19. The Balaban J connectivity index is 2.54. The molecular weight excluding hydrogens is 294 g/mol. The van der Waals surface area contributed by atoms with E-state index < -0.39 is 21.5 Å². The van der Waals surface area contributed by atoms with Gasteiger partial charge in [-0.3, -0.25) is 0 Å². The molecule has 3 heteroatoms. The molecule has 1 aromatic rings. The molecule has 0 spiro atoms. The molecule has 20 heavy (non-hydrogen) atoms. The van der Waals surface area contributed by atoms with Gasteiger partial charge in [0.05, 0.1) is 0 Å². The monoisotopic (exact) mass is 324 g/mol. The molecule has 1 unspecified atom stereocenters. The summed E-state index contributed by atoms with van der Waals surface area (Å²) in [6, 6.07) is 8.96. The van der Waals surface area contributed by atoms with E-state index in [2.05, 4.69) is 84.5 Å². The van der Waals surface area contributed by atoms with Crippen LogP contribution < -0.4 is 3.80 Å². The first kappa shape index (κ1) is 16.2. The molecule has 0 saturated carbocycles. The second-order valence-corrected chi connectivity index (χ2v) is 33.2. The predicted molar refractivity (Wildman–Crippen MR) is 91.7 cm³/mol. The first-order valence-electron chi connectivity index (χ1n) is 7.80. The van der Waals surface area contributed by atoms with E-state index in [1.54, 1.807) is 5.56 Å². The van der Waals surface area contributed by atoms with Gasteiger partial charge in [-0.1, -0.05) is 0 Å². The van der Waals surface area contributed by atoms with Crippen molar-refractivity contribution in [2.24, 2.45) is 0 Å². The molecule has 1 atom stereocenters. The molecule has 0 heterocycles. The van der Waals surface area contributed by atoms with Crippen molar-refractivity contribution in [3.05, 3.63) is 41.5 Å². The summed E-state index contributed by atoms with van der Waals surface area (Å²) in [5, 5.41) is 5.27. The van der Waals surface area contributed by atoms with Gasteiger partial charge in [-0.15, -0.1) is 0 Å². The van der Waals surface area contributed by atoms with Crippen molar-refractivity contribution in [3.8, 4) is 0 Å². The third-order valence-electron chi connectivity index (χ3n) is 5.30. The van der Waals surface area contributed by atoms with Crippen LogP contribution in [0, 0.1) is 0 Å². The Labute approximate surface area is 126 Å². The Bertz CT molecular complexity index is 540. The first-order chi connectivity index (χ1) is 9.03. The zero-order valence-corrected chi connectivity index (χ0v) is 16.8. The zero-order chi connectivity index (χ0) is 15.2. The predicted octanol–water partition coefficient (Wildman–Crippen LogP) is 4.83. The summed E-state index contributed by atoms with van der Waals surface area (Å²) in [5.41, 5.74) is 3.19. The Kier molecular flexibility index (Phi) is 4.01. The minimum absolute atomic E-state index is 0.198. The maximum atomic E-state index is 4.19. The number of allylic oxidation sites excluding steroid dienone is 1. The number of fused-ring (bicyclic) bond motifs is 1. The Morgan fingerprint density at radius 2 is 1.70 bits per heavy atom. The van der Waals surface area contributed by atoms with Crippen molar-refractivity contribution in [1.82, 2.24) is 3.80 Å². The van der Waals surface area contributed by atoms with Gasteiger partial charge >= 0.3 is 127 Å². The fourth-order valence-corrected chi connectivity index (χ4v) is 19.4. The number of hydrogen-bond acceptors (Lipinski definition) is 1. The molecule has 0 fully saturated rings. The average molecular weight is 324 g/mol. The van der Waals surface area contributed by atoms with Crippen molar-refractivity contribution in [2.45, 2.75) is 54.1 Å². The van der Waals surface area contributed by atoms with E-state index in [0.717, 1.165) is 0 Å². The Morgan fingerprint density at radius 1 is 1.10 bits per heavy atom. The van der Waals surface area contributed by atoms with Crippen LogP contribution in [0.3, 0.4) is 0 Å². The van der Waals surface area contributed by atoms with Crippen molar-refractivity contribution >= 4 is 12.7 Å². The van der Waals surface area contributed by atoms with Gasteiger partial charge in [0.15, 0.2) is 0 Å². The van der Waals surface area contributed by atoms with E-state index in [0.29, 0.717) is 4.22 Å². The molecule has 0 bridgehead atoms. The Morgan fingerprint density at radius 3 is 2.25 bits per heavy atom. The Hall–Kier alpha value is -0.149. The number of benzene rings is 1. The number of rotatable bonds is 3. The molecule has 1 N–H and O–H groups in total. The molecule has 0 aliphatic heterocycles. The van der Waals surface area contributed by atoms with Gasteiger partial charge in [0.2, 0.25) is 0 Å². The van der Waals surface area contributed by atoms with Gasteiger partial charge in [-0.25, -0.2) is 0 Å². The standard InChI is InChI=1S/C9H7.C4H10N.C2H7Si.2CH3.Ti/c1-2-5-9-7-3-6-8(9)4-1;1-4(2,3)5;1-3-2;;;/h1-7H;5H,1-3H3;3H,1-2H3;2*1H3;/q;-1;;;;+1. The van der Waals surface area contributed by atoms with Crippen molar-refractivity contribution in [1.29, 1.82) is 0 Å². The van der Waals surface area contributed by atoms with Gasteiger partial charge in [-0.05, 0) is 0 Å². The van der Waals surface area contributed by atoms with Crippen LogP contribution in [-0.2, 0) is 14.8 Å². The zero-order valence-electron chi connectivity index (χ0n) is 14.1. The average Bonchev–Trinajstić information content (AvgIpc) is 2.70. The van der Waals surface area contributed by atoms with E-state index in [1.165, 1.54) is 5.56 Å². The topological polar surface area (TPSA) is 12.0 Å². The van der Waals surface area contributed by atoms with E-state index in [9.17, 15) is 0 Å². The molecule has 0 saturated heterocycles. The van der Waals surface area contributed by atoms with Crippen LogP contribution in [0.4, 0.5) is 0 Å². The SMILES string of the molecule is C[SiH](C)[Ti]([CH3])([CH3])([NH]C(C)(C)C)[CH]1C=Cc2ccccc21. The number of hydrogen-bond donors (Lipinski definition) is 1. The van der Waals surface area contributed by atoms with Gasteiger partial charge in [0, 0.05) is 0 Å². The molecule has 1 aromatic carbocycles. The van der Waals surface area contributed by atoms with Gasteiger partial charge in [0.25, 0.3) is 0 Å². The van der Waals surface area contributed by atoms with Gasteiger partial charge < -0.3 is 0 Å². The molecular formula is C17H30NSiTi. The van der Waals surface area contributed by atoms with Crippen molar-refractivity contribution < 1.29 is 14.8 Å². The van der Waals surface area contributed by atoms with Gasteiger partial charge in [0.1, 0.15) is 0 Å². The normalized spacial score (nSPS) is 20.8. The van der Waals surface area contributed by atoms with E-state index in [4.69, 9.17) is 0 Å². The molecule has 111 valence electrons. The second-order valence-electron chi connectivity index (χ2n) is 8.61. The van der Waals surface area contributed by atoms with Crippen LogP contribution in [0.5, 0.6) is 0 Å². The number of nitrogens with one attached hydrogen (secondary N) is 1. The molecule has 2 rings (SSSR count). The van der Waals surface area contributed by atoms with E-state index in [-0.39, 0.29) is 5.54 Å². The molecule has 1 nitrogen and oxygen atoms in total. The van der Waals surface area contributed by atoms with Crippen LogP contribution in [0.2, 0.25) is 23.6 Å². The van der Waals surface area contributed by atoms with Crippen molar-refractivity contribution in [2.75, 3.05) is 0 Å². The quantitative estimate of drug-likeness (QED) is 0.786. The molecule has 1 aliphatic rings. The van der Waals surface area contributed by atoms with E-state index >= 15 is 0 Å². The summed E-state index contributed by atoms with van der Waals surface area (Å²) >= 11 is -2.77. The first-order valence-corrected chi connectivity index (χ1v) is 18.2. The van der Waals surface area contributed by atoms with Crippen LogP contribution in [0.15, 0.2) is 30.3 Å². The molecule has 1 aliphatic carbocycles.